The minimum Gasteiger partial charge on any atom is -0.484 e. The van der Waals surface area contributed by atoms with Crippen molar-refractivity contribution in [2.24, 2.45) is 5.92 Å². The highest BCUT2D eigenvalue weighted by atomic mass is 35.5. The second-order valence-corrected chi connectivity index (χ2v) is 11.5. The maximum absolute atomic E-state index is 13.7. The molecule has 1 N–H and O–H groups in total. The fourth-order valence-electron chi connectivity index (χ4n) is 4.09. The van der Waals surface area contributed by atoms with E-state index in [2.05, 4.69) is 26.1 Å². The number of hydrogen-bond acceptors (Lipinski definition) is 3. The average Bonchev–Trinajstić information content (AvgIpc) is 2.88. The van der Waals surface area contributed by atoms with Crippen molar-refractivity contribution >= 4 is 23.4 Å². The zero-order chi connectivity index (χ0) is 27.7. The molecule has 0 saturated carbocycles. The molecule has 5 nitrogen and oxygen atoms in total. The third-order valence-electron chi connectivity index (χ3n) is 6.28. The van der Waals surface area contributed by atoms with Gasteiger partial charge in [0, 0.05) is 24.5 Å². The van der Waals surface area contributed by atoms with E-state index in [-0.39, 0.29) is 36.3 Å². The van der Waals surface area contributed by atoms with E-state index in [0.717, 1.165) is 11.1 Å². The van der Waals surface area contributed by atoms with Crippen LogP contribution in [0.3, 0.4) is 0 Å². The second-order valence-electron chi connectivity index (χ2n) is 11.1. The third-order valence-corrected chi connectivity index (χ3v) is 6.52. The first-order valence-corrected chi connectivity index (χ1v) is 13.5. The zero-order valence-electron chi connectivity index (χ0n) is 23.0. The molecule has 0 aliphatic rings. The first-order valence-electron chi connectivity index (χ1n) is 13.1. The highest BCUT2D eigenvalue weighted by Crippen LogP contribution is 2.24. The Hall–Kier alpha value is -3.31. The number of nitrogens with zero attached hydrogens (tertiary/aromatic N) is 1. The van der Waals surface area contributed by atoms with E-state index in [1.165, 1.54) is 5.56 Å². The number of halogens is 1. The van der Waals surface area contributed by atoms with Gasteiger partial charge in [0.2, 0.25) is 5.91 Å². The molecular formula is C32H39ClN2O3. The number of benzene rings is 3. The fourth-order valence-corrected chi connectivity index (χ4v) is 4.30. The molecule has 0 saturated heterocycles. The lowest BCUT2D eigenvalue weighted by molar-refractivity contribution is -0.142. The SMILES string of the molecule is CC(C)CNC(=O)[C@@H](Cc1ccccc1)N(Cc1cccc(Cl)c1)C(=O)COc1ccc(C(C)(C)C)cc1. The third kappa shape index (κ3) is 8.91. The first kappa shape index (κ1) is 29.2. The maximum atomic E-state index is 13.7. The number of carbonyl (C=O) groups is 2. The highest BCUT2D eigenvalue weighted by molar-refractivity contribution is 6.30. The standard InChI is InChI=1S/C32H39ClN2O3/c1-23(2)20-34-31(37)29(19-24-10-7-6-8-11-24)35(21-25-12-9-13-27(33)18-25)30(36)22-38-28-16-14-26(15-17-28)32(3,4)5/h6-18,23,29H,19-22H2,1-5H3,(H,34,37)/t29-/m1/s1. The first-order chi connectivity index (χ1) is 18.0. The van der Waals surface area contributed by atoms with Gasteiger partial charge in [0.15, 0.2) is 6.61 Å². The van der Waals surface area contributed by atoms with Crippen LogP contribution in [-0.2, 0) is 28.0 Å². The Morgan fingerprint density at radius 3 is 2.18 bits per heavy atom. The van der Waals surface area contributed by atoms with Crippen LogP contribution in [0.25, 0.3) is 0 Å². The zero-order valence-corrected chi connectivity index (χ0v) is 23.8. The predicted molar refractivity (Wildman–Crippen MR) is 154 cm³/mol. The lowest BCUT2D eigenvalue weighted by Gasteiger charge is -2.31. The number of carbonyl (C=O) groups excluding carboxylic acids is 2. The van der Waals surface area contributed by atoms with E-state index in [4.69, 9.17) is 16.3 Å². The molecule has 0 aromatic heterocycles. The van der Waals surface area contributed by atoms with Gasteiger partial charge in [-0.2, -0.15) is 0 Å². The topological polar surface area (TPSA) is 58.6 Å². The summed E-state index contributed by atoms with van der Waals surface area (Å²) in [5, 5.41) is 3.61. The molecule has 0 radical (unpaired) electrons. The van der Waals surface area contributed by atoms with E-state index < -0.39 is 6.04 Å². The van der Waals surface area contributed by atoms with Gasteiger partial charge < -0.3 is 15.0 Å². The molecule has 0 unspecified atom stereocenters. The lowest BCUT2D eigenvalue weighted by atomic mass is 9.87. The monoisotopic (exact) mass is 534 g/mol. The quantitative estimate of drug-likeness (QED) is 0.308. The van der Waals surface area contributed by atoms with Crippen molar-refractivity contribution in [3.8, 4) is 5.75 Å². The Bertz CT molecular complexity index is 1190. The van der Waals surface area contributed by atoms with Gasteiger partial charge in [-0.05, 0) is 52.3 Å². The second kappa shape index (κ2) is 13.5. The van der Waals surface area contributed by atoms with Crippen LogP contribution >= 0.6 is 11.6 Å². The van der Waals surface area contributed by atoms with Crippen LogP contribution in [0.15, 0.2) is 78.9 Å². The normalized spacial score (nSPS) is 12.2. The molecule has 3 aromatic rings. The molecule has 0 bridgehead atoms. The number of nitrogens with one attached hydrogen (secondary N) is 1. The summed E-state index contributed by atoms with van der Waals surface area (Å²) >= 11 is 6.24. The van der Waals surface area contributed by atoms with Crippen LogP contribution in [0.2, 0.25) is 5.02 Å². The number of rotatable bonds is 11. The number of ether oxygens (including phenoxy) is 1. The van der Waals surface area contributed by atoms with Gasteiger partial charge >= 0.3 is 0 Å². The molecule has 0 aliphatic heterocycles. The van der Waals surface area contributed by atoms with Crippen LogP contribution in [0, 0.1) is 5.92 Å². The maximum Gasteiger partial charge on any atom is 0.261 e. The summed E-state index contributed by atoms with van der Waals surface area (Å²) in [7, 11) is 0. The molecule has 0 spiro atoms. The van der Waals surface area contributed by atoms with Crippen molar-refractivity contribution in [1.29, 1.82) is 0 Å². The van der Waals surface area contributed by atoms with Gasteiger partial charge in [-0.1, -0.05) is 101 Å². The Balaban J connectivity index is 1.87. The van der Waals surface area contributed by atoms with Crippen molar-refractivity contribution in [3.63, 3.8) is 0 Å². The molecule has 0 aliphatic carbocycles. The Kier molecular flexibility index (Phi) is 10.4. The summed E-state index contributed by atoms with van der Waals surface area (Å²) in [5.41, 5.74) is 3.02. The molecule has 3 rings (SSSR count). The van der Waals surface area contributed by atoms with E-state index in [1.54, 1.807) is 11.0 Å². The highest BCUT2D eigenvalue weighted by Gasteiger charge is 2.31. The summed E-state index contributed by atoms with van der Waals surface area (Å²) in [6, 6.07) is 24.2. The van der Waals surface area contributed by atoms with E-state index >= 15 is 0 Å². The van der Waals surface area contributed by atoms with Crippen molar-refractivity contribution < 1.29 is 14.3 Å². The predicted octanol–water partition coefficient (Wildman–Crippen LogP) is 6.43. The average molecular weight is 535 g/mol. The molecule has 38 heavy (non-hydrogen) atoms. The van der Waals surface area contributed by atoms with Crippen LogP contribution in [0.5, 0.6) is 5.75 Å². The van der Waals surface area contributed by atoms with Crippen molar-refractivity contribution in [2.45, 2.75) is 59.0 Å². The molecule has 3 aromatic carbocycles. The minimum atomic E-state index is -0.713. The van der Waals surface area contributed by atoms with Gasteiger partial charge in [0.05, 0.1) is 0 Å². The van der Waals surface area contributed by atoms with Gasteiger partial charge in [-0.15, -0.1) is 0 Å². The molecular weight excluding hydrogens is 496 g/mol. The molecule has 1 atom stereocenters. The summed E-state index contributed by atoms with van der Waals surface area (Å²) in [5.74, 6) is 0.434. The van der Waals surface area contributed by atoms with Crippen LogP contribution in [0.1, 0.15) is 51.3 Å². The van der Waals surface area contributed by atoms with E-state index in [9.17, 15) is 9.59 Å². The molecule has 0 fully saturated rings. The van der Waals surface area contributed by atoms with Crippen molar-refractivity contribution in [2.75, 3.05) is 13.2 Å². The Morgan fingerprint density at radius 2 is 1.58 bits per heavy atom. The van der Waals surface area contributed by atoms with Crippen molar-refractivity contribution in [1.82, 2.24) is 10.2 Å². The molecule has 2 amide bonds. The molecule has 202 valence electrons. The summed E-state index contributed by atoms with van der Waals surface area (Å²) in [6.07, 6.45) is 0.386. The van der Waals surface area contributed by atoms with Crippen LogP contribution in [-0.4, -0.2) is 35.9 Å². The summed E-state index contributed by atoms with van der Waals surface area (Å²) < 4.78 is 5.91. The molecule has 0 heterocycles. The van der Waals surface area contributed by atoms with E-state index in [0.29, 0.717) is 23.7 Å². The van der Waals surface area contributed by atoms with Crippen LogP contribution < -0.4 is 10.1 Å². The molecule has 6 heteroatoms. The summed E-state index contributed by atoms with van der Waals surface area (Å²) in [4.78, 5) is 28.8. The largest absolute Gasteiger partial charge is 0.484 e. The summed E-state index contributed by atoms with van der Waals surface area (Å²) in [6.45, 7) is 11.1. The van der Waals surface area contributed by atoms with Gasteiger partial charge in [0.25, 0.3) is 5.91 Å². The number of hydrogen-bond donors (Lipinski definition) is 1. The van der Waals surface area contributed by atoms with Crippen LogP contribution in [0.4, 0.5) is 0 Å². The smallest absolute Gasteiger partial charge is 0.261 e. The fraction of sp³-hybridized carbons (Fsp3) is 0.375. The van der Waals surface area contributed by atoms with Crippen molar-refractivity contribution in [3.05, 3.63) is 101 Å². The van der Waals surface area contributed by atoms with Gasteiger partial charge in [0.1, 0.15) is 11.8 Å². The lowest BCUT2D eigenvalue weighted by Crippen LogP contribution is -2.52. The number of amides is 2. The van der Waals surface area contributed by atoms with Gasteiger partial charge in [-0.3, -0.25) is 9.59 Å². The minimum absolute atomic E-state index is 0.0239. The Morgan fingerprint density at radius 1 is 0.921 bits per heavy atom. The van der Waals surface area contributed by atoms with Gasteiger partial charge in [-0.25, -0.2) is 0 Å². The Labute approximate surface area is 232 Å². The van der Waals surface area contributed by atoms with E-state index in [1.807, 2.05) is 86.6 Å².